The number of aryl methyl sites for hydroxylation is 1. The van der Waals surface area contributed by atoms with Crippen LogP contribution in [-0.2, 0) is 11.8 Å². The number of nitrogens with zero attached hydrogens (tertiary/aromatic N) is 3. The zero-order valence-electron chi connectivity index (χ0n) is 18.4. The summed E-state index contributed by atoms with van der Waals surface area (Å²) in [5.41, 5.74) is 4.29. The van der Waals surface area contributed by atoms with Crippen molar-refractivity contribution in [3.8, 4) is 11.4 Å². The third-order valence-corrected chi connectivity index (χ3v) is 6.48. The van der Waals surface area contributed by atoms with Crippen molar-refractivity contribution in [3.05, 3.63) is 102 Å². The minimum atomic E-state index is -0.335. The van der Waals surface area contributed by atoms with E-state index in [1.165, 1.54) is 17.3 Å². The van der Waals surface area contributed by atoms with Crippen LogP contribution in [0.2, 0.25) is 0 Å². The summed E-state index contributed by atoms with van der Waals surface area (Å²) >= 11 is 1.41. The molecule has 1 aromatic heterocycles. The van der Waals surface area contributed by atoms with Gasteiger partial charge in [-0.15, -0.1) is 10.2 Å². The Hall–Kier alpha value is -3.38. The van der Waals surface area contributed by atoms with Gasteiger partial charge < -0.3 is 9.88 Å². The summed E-state index contributed by atoms with van der Waals surface area (Å²) in [7, 11) is 1.93. The van der Waals surface area contributed by atoms with Gasteiger partial charge in [0, 0.05) is 12.6 Å². The van der Waals surface area contributed by atoms with E-state index in [9.17, 15) is 4.79 Å². The first kappa shape index (κ1) is 21.8. The van der Waals surface area contributed by atoms with Gasteiger partial charge in [0.25, 0.3) is 0 Å². The predicted octanol–water partition coefficient (Wildman–Crippen LogP) is 5.18. The highest BCUT2D eigenvalue weighted by molar-refractivity contribution is 8.00. The lowest BCUT2D eigenvalue weighted by molar-refractivity contribution is -0.120. The highest BCUT2D eigenvalue weighted by Gasteiger charge is 2.23. The van der Waals surface area contributed by atoms with Gasteiger partial charge in [0.1, 0.15) is 0 Å². The molecule has 162 valence electrons. The van der Waals surface area contributed by atoms with E-state index in [1.807, 2.05) is 91.3 Å². The Labute approximate surface area is 192 Å². The van der Waals surface area contributed by atoms with Gasteiger partial charge in [-0.3, -0.25) is 4.79 Å². The topological polar surface area (TPSA) is 59.8 Å². The number of benzene rings is 3. The van der Waals surface area contributed by atoms with Crippen LogP contribution in [0.25, 0.3) is 11.4 Å². The molecule has 32 heavy (non-hydrogen) atoms. The van der Waals surface area contributed by atoms with E-state index in [0.29, 0.717) is 5.16 Å². The largest absolute Gasteiger partial charge is 0.344 e. The number of thioether (sulfide) groups is 1. The molecule has 1 unspecified atom stereocenters. The number of nitrogens with one attached hydrogen (secondary N) is 1. The van der Waals surface area contributed by atoms with Crippen molar-refractivity contribution >= 4 is 17.7 Å². The lowest BCUT2D eigenvalue weighted by atomic mass is 9.98. The lowest BCUT2D eigenvalue weighted by Gasteiger charge is -2.22. The molecule has 4 rings (SSSR count). The van der Waals surface area contributed by atoms with Gasteiger partial charge in [0.2, 0.25) is 5.91 Å². The first-order valence-corrected chi connectivity index (χ1v) is 11.4. The number of carbonyl (C=O) groups excluding carboxylic acids is 1. The van der Waals surface area contributed by atoms with Crippen molar-refractivity contribution < 1.29 is 4.79 Å². The van der Waals surface area contributed by atoms with E-state index in [4.69, 9.17) is 0 Å². The highest BCUT2D eigenvalue weighted by atomic mass is 32.2. The quantitative estimate of drug-likeness (QED) is 0.401. The first-order chi connectivity index (χ1) is 15.5. The minimum absolute atomic E-state index is 0.0485. The molecule has 6 heteroatoms. The molecule has 5 nitrogen and oxygen atoms in total. The molecular formula is C26H26N4OS. The molecular weight excluding hydrogens is 416 g/mol. The number of amides is 1. The maximum absolute atomic E-state index is 13.1. The summed E-state index contributed by atoms with van der Waals surface area (Å²) in [6, 6.07) is 28.0. The zero-order chi connectivity index (χ0) is 22.5. The Morgan fingerprint density at radius 3 is 2.00 bits per heavy atom. The van der Waals surface area contributed by atoms with Crippen LogP contribution in [0.1, 0.15) is 29.7 Å². The monoisotopic (exact) mass is 442 g/mol. The van der Waals surface area contributed by atoms with Crippen LogP contribution in [0.4, 0.5) is 0 Å². The van der Waals surface area contributed by atoms with Crippen LogP contribution in [-0.4, -0.2) is 25.9 Å². The van der Waals surface area contributed by atoms with Crippen molar-refractivity contribution in [1.29, 1.82) is 0 Å². The first-order valence-electron chi connectivity index (χ1n) is 10.6. The standard InChI is InChI=1S/C26H26N4OS/c1-18-14-16-22(17-15-18)24-28-29-26(30(24)3)32-19(2)25(31)27-23(20-10-6-4-7-11-20)21-12-8-5-9-13-21/h4-17,19,23H,1-3H3,(H,27,31). The summed E-state index contributed by atoms with van der Waals surface area (Å²) in [4.78, 5) is 13.1. The van der Waals surface area contributed by atoms with Gasteiger partial charge in [-0.25, -0.2) is 0 Å². The zero-order valence-corrected chi connectivity index (χ0v) is 19.2. The lowest BCUT2D eigenvalue weighted by Crippen LogP contribution is -2.35. The van der Waals surface area contributed by atoms with Gasteiger partial charge in [0.05, 0.1) is 11.3 Å². The van der Waals surface area contributed by atoms with Crippen molar-refractivity contribution in [2.24, 2.45) is 7.05 Å². The number of hydrogen-bond acceptors (Lipinski definition) is 4. The van der Waals surface area contributed by atoms with E-state index < -0.39 is 0 Å². The molecule has 4 aromatic rings. The maximum atomic E-state index is 13.1. The molecule has 0 radical (unpaired) electrons. The molecule has 0 aliphatic carbocycles. The van der Waals surface area contributed by atoms with Gasteiger partial charge in [-0.05, 0) is 25.0 Å². The van der Waals surface area contributed by atoms with Gasteiger partial charge in [-0.1, -0.05) is 102 Å². The number of rotatable bonds is 7. The van der Waals surface area contributed by atoms with Crippen molar-refractivity contribution in [2.45, 2.75) is 30.3 Å². The second kappa shape index (κ2) is 9.83. The van der Waals surface area contributed by atoms with E-state index in [-0.39, 0.29) is 17.2 Å². The second-order valence-corrected chi connectivity index (χ2v) is 9.06. The minimum Gasteiger partial charge on any atom is -0.344 e. The number of aromatic nitrogens is 3. The normalized spacial score (nSPS) is 12.0. The van der Waals surface area contributed by atoms with Crippen molar-refractivity contribution in [2.75, 3.05) is 0 Å². The fourth-order valence-corrected chi connectivity index (χ4v) is 4.32. The predicted molar refractivity (Wildman–Crippen MR) is 129 cm³/mol. The molecule has 1 N–H and O–H groups in total. The molecule has 3 aromatic carbocycles. The van der Waals surface area contributed by atoms with Crippen LogP contribution in [0.3, 0.4) is 0 Å². The van der Waals surface area contributed by atoms with E-state index in [0.717, 1.165) is 22.5 Å². The average Bonchev–Trinajstić information content (AvgIpc) is 3.18. The molecule has 1 heterocycles. The van der Waals surface area contributed by atoms with E-state index in [2.05, 4.69) is 34.6 Å². The van der Waals surface area contributed by atoms with Crippen LogP contribution in [0.15, 0.2) is 90.1 Å². The Kier molecular flexibility index (Phi) is 6.71. The van der Waals surface area contributed by atoms with Crippen LogP contribution in [0.5, 0.6) is 0 Å². The molecule has 0 aliphatic rings. The molecule has 0 aliphatic heterocycles. The summed E-state index contributed by atoms with van der Waals surface area (Å²) < 4.78 is 1.94. The van der Waals surface area contributed by atoms with Gasteiger partial charge >= 0.3 is 0 Å². The smallest absolute Gasteiger partial charge is 0.234 e. The molecule has 1 amide bonds. The fraction of sp³-hybridized carbons (Fsp3) is 0.192. The second-order valence-electron chi connectivity index (χ2n) is 7.75. The van der Waals surface area contributed by atoms with Crippen molar-refractivity contribution in [1.82, 2.24) is 20.1 Å². The summed E-state index contributed by atoms with van der Waals surface area (Å²) in [6.45, 7) is 3.95. The molecule has 0 bridgehead atoms. The Morgan fingerprint density at radius 2 is 1.44 bits per heavy atom. The van der Waals surface area contributed by atoms with E-state index in [1.54, 1.807) is 0 Å². The molecule has 0 fully saturated rings. The maximum Gasteiger partial charge on any atom is 0.234 e. The van der Waals surface area contributed by atoms with Gasteiger partial charge in [0.15, 0.2) is 11.0 Å². The molecule has 0 spiro atoms. The summed E-state index contributed by atoms with van der Waals surface area (Å²) in [5, 5.41) is 12.3. The van der Waals surface area contributed by atoms with Crippen LogP contribution < -0.4 is 5.32 Å². The van der Waals surface area contributed by atoms with Gasteiger partial charge in [-0.2, -0.15) is 0 Å². The SMILES string of the molecule is Cc1ccc(-c2nnc(SC(C)C(=O)NC(c3ccccc3)c3ccccc3)n2C)cc1. The average molecular weight is 443 g/mol. The Balaban J connectivity index is 1.50. The molecule has 0 saturated carbocycles. The fourth-order valence-electron chi connectivity index (χ4n) is 3.49. The Bertz CT molecular complexity index is 1130. The molecule has 1 atom stereocenters. The summed E-state index contributed by atoms with van der Waals surface area (Å²) in [6.07, 6.45) is 0. The van der Waals surface area contributed by atoms with Crippen LogP contribution in [0, 0.1) is 6.92 Å². The van der Waals surface area contributed by atoms with E-state index >= 15 is 0 Å². The number of hydrogen-bond donors (Lipinski definition) is 1. The summed E-state index contributed by atoms with van der Waals surface area (Å²) in [5.74, 6) is 0.735. The Morgan fingerprint density at radius 1 is 0.875 bits per heavy atom. The molecule has 0 saturated heterocycles. The third-order valence-electron chi connectivity index (χ3n) is 5.35. The highest BCUT2D eigenvalue weighted by Crippen LogP contribution is 2.27. The number of carbonyl (C=O) groups is 1. The van der Waals surface area contributed by atoms with Crippen molar-refractivity contribution in [3.63, 3.8) is 0 Å². The third kappa shape index (κ3) is 4.92. The van der Waals surface area contributed by atoms with Crippen LogP contribution >= 0.6 is 11.8 Å².